The van der Waals surface area contributed by atoms with Gasteiger partial charge in [-0.25, -0.2) is 0 Å². The second-order valence-electron chi connectivity index (χ2n) is 6.67. The standard InChI is InChI=1S/C18H27NO/c1-3-9-18(10-11-18)13-19-16-8-5-12-20-17-14(2)6-4-7-15(16)17/h4,6-7,16,19H,3,5,8-13H2,1-2H3. The Kier molecular flexibility index (Phi) is 4.02. The lowest BCUT2D eigenvalue weighted by Crippen LogP contribution is -2.28. The van der Waals surface area contributed by atoms with Crippen LogP contribution in [0.25, 0.3) is 0 Å². The number of hydrogen-bond acceptors (Lipinski definition) is 2. The highest BCUT2D eigenvalue weighted by Crippen LogP contribution is 2.49. The number of rotatable bonds is 5. The molecule has 1 aliphatic heterocycles. The molecule has 0 aromatic heterocycles. The van der Waals surface area contributed by atoms with Crippen LogP contribution in [0.15, 0.2) is 18.2 Å². The van der Waals surface area contributed by atoms with Gasteiger partial charge in [0.05, 0.1) is 6.61 Å². The van der Waals surface area contributed by atoms with E-state index in [0.29, 0.717) is 11.5 Å². The molecule has 1 fully saturated rings. The van der Waals surface area contributed by atoms with E-state index < -0.39 is 0 Å². The van der Waals surface area contributed by atoms with Gasteiger partial charge in [0, 0.05) is 18.2 Å². The van der Waals surface area contributed by atoms with Crippen molar-refractivity contribution in [2.45, 2.75) is 58.4 Å². The SMILES string of the molecule is CCCC1(CNC2CCCOc3c(C)cccc32)CC1. The summed E-state index contributed by atoms with van der Waals surface area (Å²) < 4.78 is 5.96. The zero-order valence-electron chi connectivity index (χ0n) is 12.9. The highest BCUT2D eigenvalue weighted by molar-refractivity contribution is 5.43. The molecule has 2 nitrogen and oxygen atoms in total. The van der Waals surface area contributed by atoms with Crippen molar-refractivity contribution < 1.29 is 4.74 Å². The Hall–Kier alpha value is -1.02. The Morgan fingerprint density at radius 3 is 2.95 bits per heavy atom. The Morgan fingerprint density at radius 1 is 1.35 bits per heavy atom. The van der Waals surface area contributed by atoms with E-state index >= 15 is 0 Å². The van der Waals surface area contributed by atoms with E-state index in [4.69, 9.17) is 4.74 Å². The lowest BCUT2D eigenvalue weighted by molar-refractivity contribution is 0.312. The van der Waals surface area contributed by atoms with Gasteiger partial charge in [-0.1, -0.05) is 31.5 Å². The first-order chi connectivity index (χ1) is 9.74. The largest absolute Gasteiger partial charge is 0.493 e. The molecule has 1 aliphatic carbocycles. The van der Waals surface area contributed by atoms with Crippen LogP contribution in [0.5, 0.6) is 5.75 Å². The smallest absolute Gasteiger partial charge is 0.126 e. The van der Waals surface area contributed by atoms with Crippen LogP contribution < -0.4 is 10.1 Å². The van der Waals surface area contributed by atoms with Crippen molar-refractivity contribution in [3.63, 3.8) is 0 Å². The third-order valence-corrected chi connectivity index (χ3v) is 4.96. The third-order valence-electron chi connectivity index (χ3n) is 4.96. The molecule has 0 spiro atoms. The van der Waals surface area contributed by atoms with Crippen molar-refractivity contribution >= 4 is 0 Å². The minimum Gasteiger partial charge on any atom is -0.493 e. The van der Waals surface area contributed by atoms with Gasteiger partial charge in [0.25, 0.3) is 0 Å². The molecule has 1 N–H and O–H groups in total. The normalized spacial score (nSPS) is 23.6. The van der Waals surface area contributed by atoms with Crippen molar-refractivity contribution in [3.8, 4) is 5.75 Å². The van der Waals surface area contributed by atoms with Gasteiger partial charge in [0.2, 0.25) is 0 Å². The van der Waals surface area contributed by atoms with Crippen LogP contribution in [0.1, 0.15) is 62.6 Å². The highest BCUT2D eigenvalue weighted by Gasteiger charge is 2.41. The molecule has 2 heteroatoms. The van der Waals surface area contributed by atoms with E-state index in [-0.39, 0.29) is 0 Å². The van der Waals surface area contributed by atoms with Gasteiger partial charge < -0.3 is 10.1 Å². The van der Waals surface area contributed by atoms with Gasteiger partial charge >= 0.3 is 0 Å². The van der Waals surface area contributed by atoms with Crippen LogP contribution in [0, 0.1) is 12.3 Å². The predicted octanol–water partition coefficient (Wildman–Crippen LogP) is 4.38. The Balaban J connectivity index is 1.72. The van der Waals surface area contributed by atoms with Gasteiger partial charge in [0.15, 0.2) is 0 Å². The molecule has 110 valence electrons. The van der Waals surface area contributed by atoms with Crippen molar-refractivity contribution in [1.82, 2.24) is 5.32 Å². The first-order valence-corrected chi connectivity index (χ1v) is 8.20. The zero-order valence-corrected chi connectivity index (χ0v) is 12.9. The number of nitrogens with one attached hydrogen (secondary N) is 1. The fourth-order valence-corrected chi connectivity index (χ4v) is 3.54. The van der Waals surface area contributed by atoms with E-state index in [2.05, 4.69) is 37.4 Å². The predicted molar refractivity (Wildman–Crippen MR) is 83.2 cm³/mol. The molecular weight excluding hydrogens is 246 g/mol. The lowest BCUT2D eigenvalue weighted by Gasteiger charge is -2.23. The van der Waals surface area contributed by atoms with Gasteiger partial charge in [-0.2, -0.15) is 0 Å². The maximum atomic E-state index is 5.96. The topological polar surface area (TPSA) is 21.3 Å². The van der Waals surface area contributed by atoms with Crippen molar-refractivity contribution in [1.29, 1.82) is 0 Å². The first-order valence-electron chi connectivity index (χ1n) is 8.20. The number of para-hydroxylation sites is 1. The van der Waals surface area contributed by atoms with Crippen LogP contribution in [0.2, 0.25) is 0 Å². The Bertz CT molecular complexity index is 464. The second-order valence-corrected chi connectivity index (χ2v) is 6.67. The molecule has 0 amide bonds. The van der Waals surface area contributed by atoms with Gasteiger partial charge in [-0.05, 0) is 50.0 Å². The van der Waals surface area contributed by atoms with E-state index in [1.165, 1.54) is 49.8 Å². The molecule has 1 aromatic rings. The maximum Gasteiger partial charge on any atom is 0.126 e. The molecule has 1 heterocycles. The average molecular weight is 273 g/mol. The molecule has 1 aromatic carbocycles. The summed E-state index contributed by atoms with van der Waals surface area (Å²) in [5.41, 5.74) is 3.26. The molecule has 1 atom stereocenters. The lowest BCUT2D eigenvalue weighted by atomic mass is 9.96. The van der Waals surface area contributed by atoms with Gasteiger partial charge in [-0.3, -0.25) is 0 Å². The summed E-state index contributed by atoms with van der Waals surface area (Å²) in [5.74, 6) is 1.13. The maximum absolute atomic E-state index is 5.96. The summed E-state index contributed by atoms with van der Waals surface area (Å²) in [4.78, 5) is 0. The Labute approximate surface area is 122 Å². The summed E-state index contributed by atoms with van der Waals surface area (Å²) in [5, 5.41) is 3.85. The average Bonchev–Trinajstić information content (AvgIpc) is 3.22. The van der Waals surface area contributed by atoms with E-state index in [9.17, 15) is 0 Å². The van der Waals surface area contributed by atoms with Gasteiger partial charge in [0.1, 0.15) is 5.75 Å². The number of benzene rings is 1. The summed E-state index contributed by atoms with van der Waals surface area (Å²) >= 11 is 0. The molecule has 1 saturated carbocycles. The summed E-state index contributed by atoms with van der Waals surface area (Å²) in [6, 6.07) is 7.03. The number of fused-ring (bicyclic) bond motifs is 1. The highest BCUT2D eigenvalue weighted by atomic mass is 16.5. The number of hydrogen-bond donors (Lipinski definition) is 1. The molecule has 1 unspecified atom stereocenters. The van der Waals surface area contributed by atoms with Crippen molar-refractivity contribution in [3.05, 3.63) is 29.3 Å². The molecule has 20 heavy (non-hydrogen) atoms. The third kappa shape index (κ3) is 2.85. The van der Waals surface area contributed by atoms with E-state index in [1.807, 2.05) is 0 Å². The monoisotopic (exact) mass is 273 g/mol. The molecule has 0 saturated heterocycles. The number of aryl methyl sites for hydroxylation is 1. The van der Waals surface area contributed by atoms with Crippen LogP contribution in [-0.4, -0.2) is 13.2 Å². The van der Waals surface area contributed by atoms with E-state index in [1.54, 1.807) is 0 Å². The number of ether oxygens (including phenoxy) is 1. The first kappa shape index (κ1) is 13.9. The van der Waals surface area contributed by atoms with Crippen LogP contribution >= 0.6 is 0 Å². The fraction of sp³-hybridized carbons (Fsp3) is 0.667. The minimum absolute atomic E-state index is 0.474. The van der Waals surface area contributed by atoms with Crippen molar-refractivity contribution in [2.75, 3.05) is 13.2 Å². The molecule has 0 bridgehead atoms. The molecule has 3 rings (SSSR count). The van der Waals surface area contributed by atoms with Gasteiger partial charge in [-0.15, -0.1) is 0 Å². The second kappa shape index (κ2) is 5.77. The quantitative estimate of drug-likeness (QED) is 0.859. The molecule has 0 radical (unpaired) electrons. The minimum atomic E-state index is 0.474. The summed E-state index contributed by atoms with van der Waals surface area (Å²) in [7, 11) is 0. The van der Waals surface area contributed by atoms with Crippen LogP contribution in [0.4, 0.5) is 0 Å². The zero-order chi connectivity index (χ0) is 14.0. The van der Waals surface area contributed by atoms with Crippen molar-refractivity contribution in [2.24, 2.45) is 5.41 Å². The van der Waals surface area contributed by atoms with Crippen LogP contribution in [0.3, 0.4) is 0 Å². The summed E-state index contributed by atoms with van der Waals surface area (Å²) in [6.07, 6.45) is 7.86. The molecule has 2 aliphatic rings. The summed E-state index contributed by atoms with van der Waals surface area (Å²) in [6.45, 7) is 6.49. The molecular formula is C18H27NO. The Morgan fingerprint density at radius 2 is 2.20 bits per heavy atom. The van der Waals surface area contributed by atoms with Crippen LogP contribution in [-0.2, 0) is 0 Å². The fourth-order valence-electron chi connectivity index (χ4n) is 3.54. The van der Waals surface area contributed by atoms with E-state index in [0.717, 1.165) is 18.8 Å².